The summed E-state index contributed by atoms with van der Waals surface area (Å²) in [5.41, 5.74) is 11.1. The number of aromatic nitrogens is 2. The van der Waals surface area contributed by atoms with Crippen molar-refractivity contribution in [2.45, 2.75) is 19.9 Å². The fourth-order valence-electron chi connectivity index (χ4n) is 1.02. The third-order valence-corrected chi connectivity index (χ3v) is 1.57. The molecular formula is C8H14N6. The highest BCUT2D eigenvalue weighted by Gasteiger charge is 1.96. The second-order valence-corrected chi connectivity index (χ2v) is 2.78. The van der Waals surface area contributed by atoms with E-state index in [4.69, 9.17) is 11.5 Å². The van der Waals surface area contributed by atoms with Gasteiger partial charge in [0, 0.05) is 6.54 Å². The van der Waals surface area contributed by atoms with Crippen LogP contribution >= 0.6 is 0 Å². The van der Waals surface area contributed by atoms with Crippen LogP contribution in [-0.4, -0.2) is 21.7 Å². The van der Waals surface area contributed by atoms with E-state index >= 15 is 0 Å². The van der Waals surface area contributed by atoms with Crippen molar-refractivity contribution in [2.75, 3.05) is 0 Å². The van der Waals surface area contributed by atoms with Crippen molar-refractivity contribution in [1.29, 1.82) is 0 Å². The first kappa shape index (κ1) is 10.2. The number of hydrogen-bond donors (Lipinski definition) is 2. The number of hydrogen-bond acceptors (Lipinski definition) is 3. The second kappa shape index (κ2) is 5.00. The smallest absolute Gasteiger partial charge is 0.211 e. The normalized spacial score (nSPS) is 10.6. The first-order valence-corrected chi connectivity index (χ1v) is 4.36. The molecule has 4 N–H and O–H groups in total. The highest BCUT2D eigenvalue weighted by molar-refractivity contribution is 5.79. The Balaban J connectivity index is 2.70. The van der Waals surface area contributed by atoms with E-state index < -0.39 is 0 Å². The Hall–Kier alpha value is -1.85. The van der Waals surface area contributed by atoms with E-state index in [-0.39, 0.29) is 5.96 Å². The lowest BCUT2D eigenvalue weighted by atomic mass is 10.4. The van der Waals surface area contributed by atoms with Crippen molar-refractivity contribution < 1.29 is 0 Å². The van der Waals surface area contributed by atoms with Crippen LogP contribution in [0, 0.1) is 0 Å². The second-order valence-electron chi connectivity index (χ2n) is 2.78. The molecule has 0 aliphatic carbocycles. The zero-order chi connectivity index (χ0) is 10.4. The van der Waals surface area contributed by atoms with Gasteiger partial charge in [-0.3, -0.25) is 0 Å². The summed E-state index contributed by atoms with van der Waals surface area (Å²) in [4.78, 5) is 4.00. The van der Waals surface area contributed by atoms with Crippen molar-refractivity contribution >= 4 is 12.2 Å². The lowest BCUT2D eigenvalue weighted by Crippen LogP contribution is -2.21. The van der Waals surface area contributed by atoms with Crippen LogP contribution in [0.25, 0.3) is 0 Å². The zero-order valence-corrected chi connectivity index (χ0v) is 8.09. The van der Waals surface area contributed by atoms with Gasteiger partial charge in [0.1, 0.15) is 0 Å². The van der Waals surface area contributed by atoms with E-state index in [0.29, 0.717) is 0 Å². The van der Waals surface area contributed by atoms with Gasteiger partial charge >= 0.3 is 0 Å². The summed E-state index contributed by atoms with van der Waals surface area (Å²) >= 11 is 0. The summed E-state index contributed by atoms with van der Waals surface area (Å²) in [6.45, 7) is 3.00. The summed E-state index contributed by atoms with van der Waals surface area (Å²) in [6.07, 6.45) is 6.07. The molecule has 14 heavy (non-hydrogen) atoms. The van der Waals surface area contributed by atoms with Crippen LogP contribution in [0.3, 0.4) is 0 Å². The summed E-state index contributed by atoms with van der Waals surface area (Å²) in [5.74, 6) is -0.0530. The molecule has 0 amide bonds. The molecule has 0 saturated carbocycles. The fourth-order valence-corrected chi connectivity index (χ4v) is 1.02. The summed E-state index contributed by atoms with van der Waals surface area (Å²) in [7, 11) is 0. The van der Waals surface area contributed by atoms with Crippen LogP contribution in [-0.2, 0) is 6.54 Å². The van der Waals surface area contributed by atoms with E-state index in [1.165, 1.54) is 0 Å². The largest absolute Gasteiger partial charge is 0.369 e. The minimum atomic E-state index is -0.0530. The van der Waals surface area contributed by atoms with Crippen molar-refractivity contribution in [2.24, 2.45) is 21.7 Å². The summed E-state index contributed by atoms with van der Waals surface area (Å²) < 4.78 is 1.98. The third kappa shape index (κ3) is 2.89. The van der Waals surface area contributed by atoms with Gasteiger partial charge in [-0.05, 0) is 6.42 Å². The molecule has 6 heteroatoms. The predicted molar refractivity (Wildman–Crippen MR) is 55.9 cm³/mol. The van der Waals surface area contributed by atoms with Crippen LogP contribution in [0.5, 0.6) is 0 Å². The Kier molecular flexibility index (Phi) is 3.66. The summed E-state index contributed by atoms with van der Waals surface area (Å²) in [6, 6.07) is 0. The highest BCUT2D eigenvalue weighted by Crippen LogP contribution is 1.97. The molecule has 0 unspecified atom stereocenters. The molecule has 0 radical (unpaired) electrons. The quantitative estimate of drug-likeness (QED) is 0.398. The van der Waals surface area contributed by atoms with E-state index in [9.17, 15) is 0 Å². The SMILES string of the molecule is CCCn1cncc1C=NN=C(N)N. The maximum atomic E-state index is 5.12. The molecule has 6 nitrogen and oxygen atoms in total. The summed E-state index contributed by atoms with van der Waals surface area (Å²) in [5, 5.41) is 7.21. The molecule has 1 rings (SSSR count). The average molecular weight is 194 g/mol. The Morgan fingerprint density at radius 1 is 1.64 bits per heavy atom. The minimum Gasteiger partial charge on any atom is -0.369 e. The van der Waals surface area contributed by atoms with Gasteiger partial charge < -0.3 is 16.0 Å². The molecule has 0 saturated heterocycles. The van der Waals surface area contributed by atoms with Gasteiger partial charge in [-0.2, -0.15) is 5.10 Å². The van der Waals surface area contributed by atoms with Gasteiger partial charge in [-0.15, -0.1) is 5.10 Å². The number of nitrogens with two attached hydrogens (primary N) is 2. The highest BCUT2D eigenvalue weighted by atomic mass is 15.3. The third-order valence-electron chi connectivity index (χ3n) is 1.57. The molecular weight excluding hydrogens is 180 g/mol. The molecule has 0 fully saturated rings. The van der Waals surface area contributed by atoms with E-state index in [1.807, 2.05) is 4.57 Å². The van der Waals surface area contributed by atoms with Crippen molar-refractivity contribution in [3.63, 3.8) is 0 Å². The number of rotatable bonds is 4. The van der Waals surface area contributed by atoms with Gasteiger partial charge in [-0.25, -0.2) is 4.98 Å². The lowest BCUT2D eigenvalue weighted by molar-refractivity contribution is 0.675. The maximum Gasteiger partial charge on any atom is 0.211 e. The molecule has 0 bridgehead atoms. The molecule has 76 valence electrons. The Bertz CT molecular complexity index is 333. The molecule has 0 aromatic carbocycles. The number of guanidine groups is 1. The Morgan fingerprint density at radius 3 is 3.07 bits per heavy atom. The molecule has 1 heterocycles. The average Bonchev–Trinajstić information content (AvgIpc) is 2.53. The first-order chi connectivity index (χ1) is 6.74. The number of nitrogens with zero attached hydrogens (tertiary/aromatic N) is 4. The molecule has 1 aromatic rings. The molecule has 0 atom stereocenters. The topological polar surface area (TPSA) is 94.6 Å². The van der Waals surface area contributed by atoms with Crippen LogP contribution in [0.15, 0.2) is 22.7 Å². The zero-order valence-electron chi connectivity index (χ0n) is 8.09. The molecule has 0 aliphatic heterocycles. The van der Waals surface area contributed by atoms with Crippen LogP contribution in [0.4, 0.5) is 0 Å². The maximum absolute atomic E-state index is 5.12. The van der Waals surface area contributed by atoms with Crippen molar-refractivity contribution in [3.8, 4) is 0 Å². The standard InChI is InChI=1S/C8H14N6/c1-2-3-14-6-11-4-7(14)5-12-13-8(9)10/h4-6H,2-3H2,1H3,(H4,9,10,13). The first-order valence-electron chi connectivity index (χ1n) is 4.36. The minimum absolute atomic E-state index is 0.0530. The van der Waals surface area contributed by atoms with Gasteiger partial charge in [-0.1, -0.05) is 6.92 Å². The van der Waals surface area contributed by atoms with Crippen LogP contribution in [0.2, 0.25) is 0 Å². The van der Waals surface area contributed by atoms with Gasteiger partial charge in [0.05, 0.1) is 24.4 Å². The fraction of sp³-hybridized carbons (Fsp3) is 0.375. The molecule has 1 aromatic heterocycles. The van der Waals surface area contributed by atoms with Crippen molar-refractivity contribution in [1.82, 2.24) is 9.55 Å². The predicted octanol–water partition coefficient (Wildman–Crippen LogP) is -0.0996. The lowest BCUT2D eigenvalue weighted by Gasteiger charge is -2.00. The van der Waals surface area contributed by atoms with Crippen LogP contribution in [0.1, 0.15) is 19.0 Å². The molecule has 0 aliphatic rings. The number of imidazole rings is 1. The van der Waals surface area contributed by atoms with Crippen LogP contribution < -0.4 is 11.5 Å². The van der Waals surface area contributed by atoms with Gasteiger partial charge in [0.2, 0.25) is 5.96 Å². The van der Waals surface area contributed by atoms with E-state index in [0.717, 1.165) is 18.7 Å². The Morgan fingerprint density at radius 2 is 2.43 bits per heavy atom. The Labute approximate surface area is 82.3 Å². The molecule has 0 spiro atoms. The van der Waals surface area contributed by atoms with Gasteiger partial charge in [0.15, 0.2) is 0 Å². The van der Waals surface area contributed by atoms with E-state index in [2.05, 4.69) is 22.1 Å². The van der Waals surface area contributed by atoms with Gasteiger partial charge in [0.25, 0.3) is 0 Å². The number of aryl methyl sites for hydroxylation is 1. The van der Waals surface area contributed by atoms with E-state index in [1.54, 1.807) is 18.7 Å². The van der Waals surface area contributed by atoms with Crippen molar-refractivity contribution in [3.05, 3.63) is 18.2 Å². The monoisotopic (exact) mass is 194 g/mol.